The number of hydrogen-bond acceptors (Lipinski definition) is 4. The molecule has 0 aliphatic heterocycles. The first-order valence-electron chi connectivity index (χ1n) is 5.34. The molecule has 0 spiro atoms. The van der Waals surface area contributed by atoms with Crippen LogP contribution in [0.1, 0.15) is 32.4 Å². The van der Waals surface area contributed by atoms with Gasteiger partial charge in [0.2, 0.25) is 5.91 Å². The summed E-state index contributed by atoms with van der Waals surface area (Å²) in [6.45, 7) is 3.52. The summed E-state index contributed by atoms with van der Waals surface area (Å²) in [7, 11) is 0. The van der Waals surface area contributed by atoms with Gasteiger partial charge in [-0.1, -0.05) is 13.8 Å². The number of Topliss-reactive ketones (excluding diaryl/α,β-unsaturated/α-hetero) is 1. The molecule has 0 fully saturated rings. The average molecular weight is 224 g/mol. The minimum atomic E-state index is -0.498. The number of nitrogens with zero attached hydrogens (tertiary/aromatic N) is 2. The zero-order chi connectivity index (χ0) is 12.0. The van der Waals surface area contributed by atoms with E-state index in [0.717, 1.165) is 0 Å². The lowest BCUT2D eigenvalue weighted by molar-refractivity contribution is -0.127. The fourth-order valence-corrected chi connectivity index (χ4v) is 1.32. The molecule has 0 saturated carbocycles. The highest BCUT2D eigenvalue weighted by Crippen LogP contribution is 2.01. The zero-order valence-electron chi connectivity index (χ0n) is 9.49. The average Bonchev–Trinajstić information content (AvgIpc) is 2.79. The molecule has 1 atom stereocenters. The van der Waals surface area contributed by atoms with Gasteiger partial charge < -0.3 is 5.32 Å². The number of hydrogen-bond donors (Lipinski definition) is 2. The molecule has 6 heteroatoms. The van der Waals surface area contributed by atoms with Gasteiger partial charge in [0.15, 0.2) is 5.78 Å². The van der Waals surface area contributed by atoms with Crippen LogP contribution in [-0.2, 0) is 16.0 Å². The first kappa shape index (κ1) is 12.4. The van der Waals surface area contributed by atoms with Crippen molar-refractivity contribution in [3.8, 4) is 0 Å². The smallest absolute Gasteiger partial charge is 0.220 e. The Morgan fingerprint density at radius 3 is 2.69 bits per heavy atom. The van der Waals surface area contributed by atoms with Crippen LogP contribution < -0.4 is 5.32 Å². The summed E-state index contributed by atoms with van der Waals surface area (Å²) in [5.41, 5.74) is 0.670. The van der Waals surface area contributed by atoms with Crippen LogP contribution in [0, 0.1) is 0 Å². The number of carbonyl (C=O) groups is 2. The second kappa shape index (κ2) is 5.99. The van der Waals surface area contributed by atoms with E-state index in [-0.39, 0.29) is 11.7 Å². The Hall–Kier alpha value is -1.72. The van der Waals surface area contributed by atoms with Crippen molar-refractivity contribution >= 4 is 11.7 Å². The third kappa shape index (κ3) is 3.45. The van der Waals surface area contributed by atoms with Gasteiger partial charge in [0.1, 0.15) is 0 Å². The summed E-state index contributed by atoms with van der Waals surface area (Å²) < 4.78 is 0. The summed E-state index contributed by atoms with van der Waals surface area (Å²) >= 11 is 0. The molecule has 1 heterocycles. The molecule has 1 unspecified atom stereocenters. The first-order valence-corrected chi connectivity index (χ1v) is 5.34. The van der Waals surface area contributed by atoms with Gasteiger partial charge in [0.25, 0.3) is 0 Å². The summed E-state index contributed by atoms with van der Waals surface area (Å²) in [4.78, 5) is 22.9. The predicted molar refractivity (Wildman–Crippen MR) is 57.6 cm³/mol. The van der Waals surface area contributed by atoms with Gasteiger partial charge in [0, 0.05) is 19.3 Å². The van der Waals surface area contributed by atoms with Gasteiger partial charge in [0.05, 0.1) is 17.9 Å². The van der Waals surface area contributed by atoms with E-state index in [1.165, 1.54) is 0 Å². The second-order valence-electron chi connectivity index (χ2n) is 3.46. The van der Waals surface area contributed by atoms with E-state index in [4.69, 9.17) is 0 Å². The van der Waals surface area contributed by atoms with Crippen LogP contribution in [0.2, 0.25) is 0 Å². The Kier molecular flexibility index (Phi) is 4.63. The summed E-state index contributed by atoms with van der Waals surface area (Å²) in [5.74, 6) is -0.125. The third-order valence-corrected chi connectivity index (χ3v) is 2.27. The molecule has 1 amide bonds. The van der Waals surface area contributed by atoms with E-state index >= 15 is 0 Å². The van der Waals surface area contributed by atoms with Crippen LogP contribution in [0.3, 0.4) is 0 Å². The van der Waals surface area contributed by atoms with Gasteiger partial charge >= 0.3 is 0 Å². The maximum atomic E-state index is 11.6. The van der Waals surface area contributed by atoms with E-state index in [2.05, 4.69) is 20.7 Å². The molecule has 0 radical (unpaired) electrons. The number of H-pyrrole nitrogens is 1. The van der Waals surface area contributed by atoms with Crippen molar-refractivity contribution < 1.29 is 9.59 Å². The Balaban J connectivity index is 2.64. The lowest BCUT2D eigenvalue weighted by Crippen LogP contribution is -2.41. The number of nitrogens with one attached hydrogen (secondary N) is 2. The van der Waals surface area contributed by atoms with Crippen molar-refractivity contribution in [1.82, 2.24) is 20.7 Å². The molecule has 1 aromatic rings. The summed E-state index contributed by atoms with van der Waals surface area (Å²) in [6, 6.07) is -0.498. The van der Waals surface area contributed by atoms with Gasteiger partial charge in [-0.3, -0.25) is 9.59 Å². The Morgan fingerprint density at radius 1 is 1.44 bits per heavy atom. The SMILES string of the molecule is CCC(=O)NC(Cc1cn[nH]n1)C(=O)CC. The number of amides is 1. The Labute approximate surface area is 93.8 Å². The molecule has 16 heavy (non-hydrogen) atoms. The number of aromatic nitrogens is 3. The fourth-order valence-electron chi connectivity index (χ4n) is 1.32. The minimum absolute atomic E-state index is 0.00444. The largest absolute Gasteiger partial charge is 0.346 e. The van der Waals surface area contributed by atoms with Crippen molar-refractivity contribution in [3.05, 3.63) is 11.9 Å². The van der Waals surface area contributed by atoms with Gasteiger partial charge in [-0.2, -0.15) is 15.4 Å². The van der Waals surface area contributed by atoms with Crippen molar-refractivity contribution in [2.24, 2.45) is 0 Å². The van der Waals surface area contributed by atoms with Crippen LogP contribution in [0.25, 0.3) is 0 Å². The summed E-state index contributed by atoms with van der Waals surface area (Å²) in [5, 5.41) is 12.7. The minimum Gasteiger partial charge on any atom is -0.346 e. The molecule has 0 saturated heterocycles. The van der Waals surface area contributed by atoms with Crippen LogP contribution in [0.15, 0.2) is 6.20 Å². The third-order valence-electron chi connectivity index (χ3n) is 2.27. The van der Waals surface area contributed by atoms with E-state index in [9.17, 15) is 9.59 Å². The quantitative estimate of drug-likeness (QED) is 0.723. The van der Waals surface area contributed by atoms with Gasteiger partial charge in [-0.25, -0.2) is 0 Å². The molecular weight excluding hydrogens is 208 g/mol. The molecular formula is C10H16N4O2. The topological polar surface area (TPSA) is 87.7 Å². The maximum Gasteiger partial charge on any atom is 0.220 e. The highest BCUT2D eigenvalue weighted by Gasteiger charge is 2.19. The standard InChI is InChI=1S/C10H16N4O2/c1-3-9(15)8(12-10(16)4-2)5-7-6-11-14-13-7/h6,8H,3-5H2,1-2H3,(H,12,16)(H,11,13,14). The lowest BCUT2D eigenvalue weighted by Gasteiger charge is -2.15. The van der Waals surface area contributed by atoms with Crippen molar-refractivity contribution in [3.63, 3.8) is 0 Å². The van der Waals surface area contributed by atoms with Crippen LogP contribution >= 0.6 is 0 Å². The molecule has 1 aromatic heterocycles. The monoisotopic (exact) mass is 224 g/mol. The second-order valence-corrected chi connectivity index (χ2v) is 3.46. The maximum absolute atomic E-state index is 11.6. The van der Waals surface area contributed by atoms with Crippen molar-refractivity contribution in [1.29, 1.82) is 0 Å². The van der Waals surface area contributed by atoms with Crippen molar-refractivity contribution in [2.45, 2.75) is 39.2 Å². The predicted octanol–water partition coefficient (Wildman–Crippen LogP) is 0.221. The van der Waals surface area contributed by atoms with E-state index < -0.39 is 6.04 Å². The van der Waals surface area contributed by atoms with Crippen LogP contribution in [0.4, 0.5) is 0 Å². The van der Waals surface area contributed by atoms with Crippen LogP contribution in [-0.4, -0.2) is 33.1 Å². The Morgan fingerprint density at radius 2 is 2.19 bits per heavy atom. The molecule has 0 aromatic carbocycles. The number of rotatable bonds is 6. The lowest BCUT2D eigenvalue weighted by atomic mass is 10.1. The number of ketones is 1. The highest BCUT2D eigenvalue weighted by atomic mass is 16.2. The van der Waals surface area contributed by atoms with Crippen LogP contribution in [0.5, 0.6) is 0 Å². The van der Waals surface area contributed by atoms with E-state index in [0.29, 0.717) is 25.0 Å². The molecule has 0 aliphatic carbocycles. The van der Waals surface area contributed by atoms with Crippen molar-refractivity contribution in [2.75, 3.05) is 0 Å². The molecule has 88 valence electrons. The van der Waals surface area contributed by atoms with E-state index in [1.54, 1.807) is 20.0 Å². The molecule has 2 N–H and O–H groups in total. The first-order chi connectivity index (χ1) is 7.67. The summed E-state index contributed by atoms with van der Waals surface area (Å²) in [6.07, 6.45) is 2.70. The molecule has 1 rings (SSSR count). The zero-order valence-corrected chi connectivity index (χ0v) is 9.49. The Bertz CT molecular complexity index is 348. The molecule has 0 aliphatic rings. The number of aromatic amines is 1. The fraction of sp³-hybridized carbons (Fsp3) is 0.600. The highest BCUT2D eigenvalue weighted by molar-refractivity contribution is 5.88. The molecule has 6 nitrogen and oxygen atoms in total. The van der Waals surface area contributed by atoms with E-state index in [1.807, 2.05) is 0 Å². The van der Waals surface area contributed by atoms with Gasteiger partial charge in [-0.15, -0.1) is 0 Å². The molecule has 0 bridgehead atoms. The number of carbonyl (C=O) groups excluding carboxylic acids is 2. The normalized spacial score (nSPS) is 12.1. The van der Waals surface area contributed by atoms with Gasteiger partial charge in [-0.05, 0) is 0 Å².